The van der Waals surface area contributed by atoms with E-state index in [-0.39, 0.29) is 17.3 Å². The van der Waals surface area contributed by atoms with E-state index >= 15 is 0 Å². The van der Waals surface area contributed by atoms with E-state index in [2.05, 4.69) is 15.5 Å². The Morgan fingerprint density at radius 1 is 1.21 bits per heavy atom. The first-order valence-electron chi connectivity index (χ1n) is 8.43. The van der Waals surface area contributed by atoms with Gasteiger partial charge in [-0.25, -0.2) is 4.39 Å². The van der Waals surface area contributed by atoms with Crippen LogP contribution in [0.3, 0.4) is 0 Å². The third kappa shape index (κ3) is 5.09. The normalized spacial score (nSPS) is 10.8. The topological polar surface area (TPSA) is 69.0 Å². The molecule has 6 nitrogen and oxygen atoms in total. The first-order valence-corrected chi connectivity index (χ1v) is 9.80. The fourth-order valence-electron chi connectivity index (χ4n) is 2.47. The fraction of sp³-hybridized carbons (Fsp3) is 0.211. The number of amides is 1. The van der Waals surface area contributed by atoms with Crippen molar-refractivity contribution in [1.82, 2.24) is 14.8 Å². The number of nitrogens with zero attached hydrogens (tertiary/aromatic N) is 3. The number of hydrogen-bond donors (Lipinski definition) is 1. The molecule has 0 atom stereocenters. The second-order valence-electron chi connectivity index (χ2n) is 5.77. The van der Waals surface area contributed by atoms with Crippen LogP contribution in [-0.2, 0) is 16.1 Å². The lowest BCUT2D eigenvalue weighted by Gasteiger charge is -2.10. The molecule has 0 unspecified atom stereocenters. The molecule has 1 heterocycles. The molecule has 0 saturated carbocycles. The lowest BCUT2D eigenvalue weighted by molar-refractivity contribution is -0.113. The standard InChI is InChI=1S/C19H18ClFN4O2S/c1-27-11-10-25-18(13-6-8-14(20)9-7-13)23-24-19(25)28-12-17(26)22-16-5-3-2-4-15(16)21/h2-9H,10-12H2,1H3,(H,22,26). The van der Waals surface area contributed by atoms with Gasteiger partial charge in [-0.3, -0.25) is 9.36 Å². The Balaban J connectivity index is 1.73. The van der Waals surface area contributed by atoms with Crippen molar-refractivity contribution in [2.24, 2.45) is 0 Å². The molecular formula is C19H18ClFN4O2S. The molecule has 0 fully saturated rings. The lowest BCUT2D eigenvalue weighted by Crippen LogP contribution is -2.16. The van der Waals surface area contributed by atoms with Gasteiger partial charge in [0, 0.05) is 17.7 Å². The van der Waals surface area contributed by atoms with Crippen molar-refractivity contribution in [3.05, 3.63) is 59.4 Å². The molecule has 3 rings (SSSR count). The second-order valence-corrected chi connectivity index (χ2v) is 7.15. The van der Waals surface area contributed by atoms with Crippen LogP contribution in [0.5, 0.6) is 0 Å². The van der Waals surface area contributed by atoms with E-state index in [0.717, 1.165) is 5.56 Å². The molecule has 0 radical (unpaired) electrons. The van der Waals surface area contributed by atoms with Gasteiger partial charge in [0.25, 0.3) is 0 Å². The monoisotopic (exact) mass is 420 g/mol. The zero-order valence-corrected chi connectivity index (χ0v) is 16.6. The van der Waals surface area contributed by atoms with Gasteiger partial charge in [0.1, 0.15) is 5.82 Å². The van der Waals surface area contributed by atoms with E-state index < -0.39 is 5.82 Å². The van der Waals surface area contributed by atoms with Crippen molar-refractivity contribution in [3.63, 3.8) is 0 Å². The summed E-state index contributed by atoms with van der Waals surface area (Å²) in [6, 6.07) is 13.3. The predicted molar refractivity (Wildman–Crippen MR) is 108 cm³/mol. The molecule has 0 saturated heterocycles. The summed E-state index contributed by atoms with van der Waals surface area (Å²) in [5.41, 5.74) is 1.01. The molecule has 0 aliphatic carbocycles. The minimum atomic E-state index is -0.478. The summed E-state index contributed by atoms with van der Waals surface area (Å²) in [7, 11) is 1.61. The van der Waals surface area contributed by atoms with Crippen molar-refractivity contribution in [1.29, 1.82) is 0 Å². The van der Waals surface area contributed by atoms with Crippen molar-refractivity contribution >= 4 is 35.0 Å². The van der Waals surface area contributed by atoms with E-state index in [0.29, 0.717) is 29.2 Å². The number of anilines is 1. The molecule has 2 aromatic carbocycles. The number of carbonyl (C=O) groups is 1. The van der Waals surface area contributed by atoms with Crippen molar-refractivity contribution in [2.75, 3.05) is 24.8 Å². The van der Waals surface area contributed by atoms with Gasteiger partial charge in [0.15, 0.2) is 11.0 Å². The zero-order chi connectivity index (χ0) is 19.9. The maximum atomic E-state index is 13.7. The van der Waals surface area contributed by atoms with Gasteiger partial charge in [-0.05, 0) is 36.4 Å². The van der Waals surface area contributed by atoms with E-state index in [1.165, 1.54) is 23.9 Å². The zero-order valence-electron chi connectivity index (χ0n) is 15.1. The molecule has 3 aromatic rings. The maximum absolute atomic E-state index is 13.7. The van der Waals surface area contributed by atoms with Crippen molar-refractivity contribution < 1.29 is 13.9 Å². The third-order valence-corrected chi connectivity index (χ3v) is 5.04. The summed E-state index contributed by atoms with van der Waals surface area (Å²) < 4.78 is 20.7. The Hall–Kier alpha value is -2.42. The predicted octanol–water partition coefficient (Wildman–Crippen LogP) is 4.11. The average Bonchev–Trinajstić information content (AvgIpc) is 3.10. The Labute approximate surface area is 171 Å². The molecule has 1 N–H and O–H groups in total. The van der Waals surface area contributed by atoms with Crippen LogP contribution in [-0.4, -0.2) is 40.1 Å². The minimum absolute atomic E-state index is 0.0695. The Bertz CT molecular complexity index is 949. The van der Waals surface area contributed by atoms with E-state index in [1.54, 1.807) is 31.4 Å². The smallest absolute Gasteiger partial charge is 0.234 e. The van der Waals surface area contributed by atoms with Crippen LogP contribution in [0, 0.1) is 5.82 Å². The quantitative estimate of drug-likeness (QED) is 0.555. The first kappa shape index (κ1) is 20.3. The molecule has 28 heavy (non-hydrogen) atoms. The molecule has 0 bridgehead atoms. The summed E-state index contributed by atoms with van der Waals surface area (Å²) in [4.78, 5) is 12.2. The molecule has 0 aliphatic heterocycles. The van der Waals surface area contributed by atoms with Crippen LogP contribution in [0.2, 0.25) is 5.02 Å². The number of rotatable bonds is 8. The largest absolute Gasteiger partial charge is 0.383 e. The number of thioether (sulfide) groups is 1. The first-order chi connectivity index (χ1) is 13.6. The van der Waals surface area contributed by atoms with Crippen LogP contribution in [0.25, 0.3) is 11.4 Å². The highest BCUT2D eigenvalue weighted by Gasteiger charge is 2.16. The average molecular weight is 421 g/mol. The third-order valence-electron chi connectivity index (χ3n) is 3.82. The number of aromatic nitrogens is 3. The van der Waals surface area contributed by atoms with E-state index in [9.17, 15) is 9.18 Å². The number of methoxy groups -OCH3 is 1. The van der Waals surface area contributed by atoms with Crippen LogP contribution >= 0.6 is 23.4 Å². The van der Waals surface area contributed by atoms with Crippen LogP contribution in [0.1, 0.15) is 0 Å². The number of nitrogens with one attached hydrogen (secondary N) is 1. The summed E-state index contributed by atoms with van der Waals surface area (Å²) >= 11 is 7.17. The molecule has 1 aromatic heterocycles. The summed E-state index contributed by atoms with van der Waals surface area (Å²) in [6.45, 7) is 0.992. The summed E-state index contributed by atoms with van der Waals surface area (Å²) in [5, 5.41) is 12.2. The fourth-order valence-corrected chi connectivity index (χ4v) is 3.36. The van der Waals surface area contributed by atoms with Crippen molar-refractivity contribution in [3.8, 4) is 11.4 Å². The maximum Gasteiger partial charge on any atom is 0.234 e. The van der Waals surface area contributed by atoms with Gasteiger partial charge in [-0.1, -0.05) is 35.5 Å². The Kier molecular flexibility index (Phi) is 7.02. The highest BCUT2D eigenvalue weighted by Crippen LogP contribution is 2.25. The Morgan fingerprint density at radius 3 is 2.68 bits per heavy atom. The van der Waals surface area contributed by atoms with Crippen molar-refractivity contribution in [2.45, 2.75) is 11.7 Å². The summed E-state index contributed by atoms with van der Waals surface area (Å²) in [6.07, 6.45) is 0. The second kappa shape index (κ2) is 9.68. The summed E-state index contributed by atoms with van der Waals surface area (Å²) in [5.74, 6) is -0.0793. The number of benzene rings is 2. The number of halogens is 2. The van der Waals surface area contributed by atoms with Gasteiger partial charge in [-0.15, -0.1) is 10.2 Å². The molecule has 9 heteroatoms. The van der Waals surface area contributed by atoms with E-state index in [1.807, 2.05) is 16.7 Å². The lowest BCUT2D eigenvalue weighted by atomic mass is 10.2. The van der Waals surface area contributed by atoms with Gasteiger partial charge in [-0.2, -0.15) is 0 Å². The molecule has 146 valence electrons. The Morgan fingerprint density at radius 2 is 1.96 bits per heavy atom. The van der Waals surface area contributed by atoms with Gasteiger partial charge in [0.05, 0.1) is 24.6 Å². The van der Waals surface area contributed by atoms with Crippen LogP contribution in [0.15, 0.2) is 53.7 Å². The van der Waals surface area contributed by atoms with Crippen LogP contribution in [0.4, 0.5) is 10.1 Å². The molecular weight excluding hydrogens is 403 g/mol. The van der Waals surface area contributed by atoms with Gasteiger partial charge >= 0.3 is 0 Å². The van der Waals surface area contributed by atoms with Gasteiger partial charge in [0.2, 0.25) is 5.91 Å². The molecule has 0 spiro atoms. The number of para-hydroxylation sites is 1. The minimum Gasteiger partial charge on any atom is -0.383 e. The highest BCUT2D eigenvalue weighted by atomic mass is 35.5. The van der Waals surface area contributed by atoms with E-state index in [4.69, 9.17) is 16.3 Å². The molecule has 1 amide bonds. The number of carbonyl (C=O) groups excluding carboxylic acids is 1. The molecule has 0 aliphatic rings. The van der Waals surface area contributed by atoms with Gasteiger partial charge < -0.3 is 10.1 Å². The number of ether oxygens (including phenoxy) is 1. The van der Waals surface area contributed by atoms with Crippen LogP contribution < -0.4 is 5.32 Å². The SMILES string of the molecule is COCCn1c(SCC(=O)Nc2ccccc2F)nnc1-c1ccc(Cl)cc1. The highest BCUT2D eigenvalue weighted by molar-refractivity contribution is 7.99. The number of hydrogen-bond acceptors (Lipinski definition) is 5.